The van der Waals surface area contributed by atoms with E-state index in [1.807, 2.05) is 36.6 Å². The van der Waals surface area contributed by atoms with Crippen LogP contribution in [0.15, 0.2) is 82.5 Å². The second-order valence-corrected chi connectivity index (χ2v) is 9.76. The van der Waals surface area contributed by atoms with Gasteiger partial charge in [-0.3, -0.25) is 4.79 Å². The molecule has 0 amide bonds. The van der Waals surface area contributed by atoms with Crippen LogP contribution in [0.5, 0.6) is 0 Å². The molecule has 0 atom stereocenters. The fourth-order valence-electron chi connectivity index (χ4n) is 4.56. The maximum Gasteiger partial charge on any atom is 0.251 e. The van der Waals surface area contributed by atoms with Gasteiger partial charge in [0, 0.05) is 59.8 Å². The average molecular weight is 489 g/mol. The molecule has 1 aliphatic rings. The highest BCUT2D eigenvalue weighted by molar-refractivity contribution is 7.98. The van der Waals surface area contributed by atoms with Gasteiger partial charge in [0.15, 0.2) is 0 Å². The number of thioether (sulfide) groups is 1. The fourth-order valence-corrected chi connectivity index (χ4v) is 5.18. The summed E-state index contributed by atoms with van der Waals surface area (Å²) in [6.45, 7) is 4.40. The van der Waals surface area contributed by atoms with Gasteiger partial charge < -0.3 is 19.7 Å². The van der Waals surface area contributed by atoms with Gasteiger partial charge >= 0.3 is 0 Å². The Kier molecular flexibility index (Phi) is 6.79. The van der Waals surface area contributed by atoms with Crippen molar-refractivity contribution in [3.63, 3.8) is 0 Å². The van der Waals surface area contributed by atoms with Crippen LogP contribution in [0.25, 0.3) is 10.9 Å². The lowest BCUT2D eigenvalue weighted by atomic mass is 10.1. The van der Waals surface area contributed by atoms with Crippen LogP contribution in [0.4, 0.5) is 21.5 Å². The number of halogens is 1. The number of aromatic nitrogens is 1. The van der Waals surface area contributed by atoms with Crippen LogP contribution in [-0.2, 0) is 6.54 Å². The minimum atomic E-state index is -0.296. The number of anilines is 3. The lowest BCUT2D eigenvalue weighted by Crippen LogP contribution is -2.44. The van der Waals surface area contributed by atoms with Crippen LogP contribution >= 0.6 is 11.8 Å². The number of nitrogens with one attached hydrogen (secondary N) is 1. The van der Waals surface area contributed by atoms with Gasteiger partial charge in [-0.2, -0.15) is 0 Å². The molecule has 0 aliphatic carbocycles. The molecule has 1 aromatic heterocycles. The molecular weight excluding hydrogens is 459 g/mol. The molecule has 4 aromatic rings. The summed E-state index contributed by atoms with van der Waals surface area (Å²) in [5, 5.41) is 4.39. The van der Waals surface area contributed by atoms with E-state index in [2.05, 4.69) is 46.4 Å². The van der Waals surface area contributed by atoms with Crippen molar-refractivity contribution in [3.8, 4) is 0 Å². The first-order chi connectivity index (χ1) is 17.0. The van der Waals surface area contributed by atoms with Crippen molar-refractivity contribution in [3.05, 3.63) is 94.5 Å². The predicted molar refractivity (Wildman–Crippen MR) is 145 cm³/mol. The van der Waals surface area contributed by atoms with Gasteiger partial charge in [0.1, 0.15) is 5.82 Å². The Morgan fingerprint density at radius 3 is 2.37 bits per heavy atom. The third-order valence-corrected chi connectivity index (χ3v) is 7.45. The van der Waals surface area contributed by atoms with Crippen molar-refractivity contribution in [2.45, 2.75) is 11.4 Å². The second kappa shape index (κ2) is 10.1. The zero-order chi connectivity index (χ0) is 24.4. The summed E-state index contributed by atoms with van der Waals surface area (Å²) in [5.74, 6) is -0.296. The van der Waals surface area contributed by atoms with E-state index in [1.54, 1.807) is 16.7 Å². The van der Waals surface area contributed by atoms with Gasteiger partial charge in [-0.15, -0.1) is 11.8 Å². The first-order valence-electron chi connectivity index (χ1n) is 11.8. The fraction of sp³-hybridized carbons (Fsp3) is 0.250. The molecule has 0 unspecified atom stereocenters. The van der Waals surface area contributed by atoms with E-state index >= 15 is 0 Å². The van der Waals surface area contributed by atoms with E-state index in [4.69, 9.17) is 0 Å². The third kappa shape index (κ3) is 5.06. The molecule has 3 aromatic carbocycles. The number of pyridine rings is 1. The minimum absolute atomic E-state index is 0.151. The molecular formula is C28H29FN4OS. The molecule has 35 heavy (non-hydrogen) atoms. The zero-order valence-electron chi connectivity index (χ0n) is 20.0. The van der Waals surface area contributed by atoms with Crippen molar-refractivity contribution in [1.82, 2.24) is 9.47 Å². The Labute approximate surface area is 209 Å². The Balaban J connectivity index is 1.42. The average Bonchev–Trinajstić information content (AvgIpc) is 2.87. The number of likely N-dealkylation sites (N-methyl/N-ethyl adjacent to an activating group) is 1. The van der Waals surface area contributed by atoms with Crippen molar-refractivity contribution in [2.75, 3.05) is 49.7 Å². The lowest BCUT2D eigenvalue weighted by molar-refractivity contribution is 0.313. The normalized spacial score (nSPS) is 14.4. The van der Waals surface area contributed by atoms with E-state index < -0.39 is 0 Å². The predicted octanol–water partition coefficient (Wildman–Crippen LogP) is 5.41. The van der Waals surface area contributed by atoms with Crippen LogP contribution in [0, 0.1) is 5.82 Å². The SMILES string of the molecule is CSc1cccc(F)c1Cn1c(=O)ccc2ccc(Nc3ccc(N4CCN(C)CC4)cc3)cc21. The minimum Gasteiger partial charge on any atom is -0.369 e. The summed E-state index contributed by atoms with van der Waals surface area (Å²) < 4.78 is 16.3. The summed E-state index contributed by atoms with van der Waals surface area (Å²) in [7, 11) is 2.16. The molecule has 1 fully saturated rings. The Morgan fingerprint density at radius 2 is 1.63 bits per heavy atom. The van der Waals surface area contributed by atoms with Crippen molar-refractivity contribution in [1.29, 1.82) is 0 Å². The van der Waals surface area contributed by atoms with Crippen LogP contribution in [-0.4, -0.2) is 48.9 Å². The van der Waals surface area contributed by atoms with Crippen LogP contribution in [0.2, 0.25) is 0 Å². The first kappa shape index (κ1) is 23.5. The Bertz CT molecular complexity index is 1390. The van der Waals surface area contributed by atoms with Gasteiger partial charge in [-0.1, -0.05) is 12.1 Å². The molecule has 0 radical (unpaired) electrons. The van der Waals surface area contributed by atoms with Crippen LogP contribution in [0.1, 0.15) is 5.56 Å². The van der Waals surface area contributed by atoms with Gasteiger partial charge in [0.2, 0.25) is 0 Å². The topological polar surface area (TPSA) is 40.5 Å². The zero-order valence-corrected chi connectivity index (χ0v) is 20.8. The number of rotatable bonds is 6. The second-order valence-electron chi connectivity index (χ2n) is 8.91. The smallest absolute Gasteiger partial charge is 0.251 e. The molecule has 7 heteroatoms. The molecule has 0 spiro atoms. The maximum absolute atomic E-state index is 14.7. The highest BCUT2D eigenvalue weighted by atomic mass is 32.2. The van der Waals surface area contributed by atoms with Crippen LogP contribution in [0.3, 0.4) is 0 Å². The van der Waals surface area contributed by atoms with E-state index in [1.165, 1.54) is 23.5 Å². The van der Waals surface area contributed by atoms with Gasteiger partial charge in [0.05, 0.1) is 12.1 Å². The van der Waals surface area contributed by atoms with Crippen molar-refractivity contribution in [2.24, 2.45) is 0 Å². The Morgan fingerprint density at radius 1 is 0.914 bits per heavy atom. The molecule has 0 saturated carbocycles. The number of fused-ring (bicyclic) bond motifs is 1. The Hall–Kier alpha value is -3.29. The van der Waals surface area contributed by atoms with Gasteiger partial charge in [0.25, 0.3) is 5.56 Å². The van der Waals surface area contributed by atoms with Crippen molar-refractivity contribution < 1.29 is 4.39 Å². The molecule has 5 rings (SSSR count). The molecule has 0 bridgehead atoms. The molecule has 1 saturated heterocycles. The highest BCUT2D eigenvalue weighted by Crippen LogP contribution is 2.27. The quantitative estimate of drug-likeness (QED) is 0.368. The van der Waals surface area contributed by atoms with E-state index in [9.17, 15) is 9.18 Å². The van der Waals surface area contributed by atoms with Crippen molar-refractivity contribution >= 4 is 39.7 Å². The maximum atomic E-state index is 14.7. The standard InChI is InChI=1S/C28H29FN4OS/c1-31-14-16-32(17-15-31)23-11-9-21(10-12-23)30-22-8-6-20-7-13-28(34)33(26(20)18-22)19-24-25(29)4-3-5-27(24)35-2/h3-13,18,30H,14-17,19H2,1-2H3. The lowest BCUT2D eigenvalue weighted by Gasteiger charge is -2.34. The summed E-state index contributed by atoms with van der Waals surface area (Å²) >= 11 is 1.48. The molecule has 1 N–H and O–H groups in total. The van der Waals surface area contributed by atoms with E-state index in [0.717, 1.165) is 53.4 Å². The number of nitrogens with zero attached hydrogens (tertiary/aromatic N) is 3. The summed E-state index contributed by atoms with van der Waals surface area (Å²) in [6, 6.07) is 22.8. The van der Waals surface area contributed by atoms with Crippen LogP contribution < -0.4 is 15.8 Å². The largest absolute Gasteiger partial charge is 0.369 e. The molecule has 2 heterocycles. The first-order valence-corrected chi connectivity index (χ1v) is 13.0. The number of piperazine rings is 1. The number of benzene rings is 3. The summed E-state index contributed by atoms with van der Waals surface area (Å²) in [5.41, 5.74) is 4.24. The molecule has 5 nitrogen and oxygen atoms in total. The van der Waals surface area contributed by atoms with E-state index in [0.29, 0.717) is 5.56 Å². The summed E-state index contributed by atoms with van der Waals surface area (Å²) in [4.78, 5) is 18.4. The molecule has 180 valence electrons. The van der Waals surface area contributed by atoms with Gasteiger partial charge in [-0.05, 0) is 73.3 Å². The number of hydrogen-bond donors (Lipinski definition) is 1. The number of hydrogen-bond acceptors (Lipinski definition) is 5. The third-order valence-electron chi connectivity index (χ3n) is 6.63. The van der Waals surface area contributed by atoms with Gasteiger partial charge in [-0.25, -0.2) is 4.39 Å². The molecule has 1 aliphatic heterocycles. The summed E-state index contributed by atoms with van der Waals surface area (Å²) in [6.07, 6.45) is 1.92. The monoisotopic (exact) mass is 488 g/mol. The van der Waals surface area contributed by atoms with E-state index in [-0.39, 0.29) is 17.9 Å². The highest BCUT2D eigenvalue weighted by Gasteiger charge is 2.15.